The van der Waals surface area contributed by atoms with Gasteiger partial charge in [0.25, 0.3) is 0 Å². The first-order chi connectivity index (χ1) is 6.68. The molecule has 0 aromatic carbocycles. The molecule has 0 spiro atoms. The summed E-state index contributed by atoms with van der Waals surface area (Å²) in [7, 11) is -2.31. The van der Waals surface area contributed by atoms with Crippen LogP contribution in [0.1, 0.15) is 40.0 Å². The molecule has 0 aliphatic rings. The molecule has 3 nitrogen and oxygen atoms in total. The highest BCUT2D eigenvalue weighted by Gasteiger charge is 2.33. The van der Waals surface area contributed by atoms with Crippen LogP contribution in [-0.2, 0) is 13.3 Å². The van der Waals surface area contributed by atoms with E-state index in [4.69, 9.17) is 13.3 Å². The zero-order valence-corrected chi connectivity index (χ0v) is 11.0. The quantitative estimate of drug-likeness (QED) is 0.580. The smallest absolute Gasteiger partial charge is 0.374 e. The van der Waals surface area contributed by atoms with Crippen molar-refractivity contribution in [2.75, 3.05) is 19.8 Å². The first-order valence-electron chi connectivity index (χ1n) is 5.60. The van der Waals surface area contributed by atoms with Crippen molar-refractivity contribution in [2.45, 2.75) is 46.6 Å². The van der Waals surface area contributed by atoms with E-state index in [-0.39, 0.29) is 11.0 Å². The highest BCUT2D eigenvalue weighted by Crippen LogP contribution is 2.10. The molecule has 0 saturated heterocycles. The lowest BCUT2D eigenvalue weighted by atomic mass is 10.5. The molecule has 0 amide bonds. The molecule has 0 bridgehead atoms. The van der Waals surface area contributed by atoms with Gasteiger partial charge in [0, 0.05) is 26.4 Å². The summed E-state index contributed by atoms with van der Waals surface area (Å²) in [5, 5.41) is 0. The summed E-state index contributed by atoms with van der Waals surface area (Å²) < 4.78 is 17.0. The predicted molar refractivity (Wildman–Crippen MR) is 71.7 cm³/mol. The van der Waals surface area contributed by atoms with E-state index < -0.39 is 8.80 Å². The van der Waals surface area contributed by atoms with Gasteiger partial charge in [0.2, 0.25) is 0 Å². The molecule has 15 heavy (non-hydrogen) atoms. The zero-order valence-electron chi connectivity index (χ0n) is 9.97. The number of hydrogen-bond donors (Lipinski definition) is 0. The van der Waals surface area contributed by atoms with Crippen LogP contribution in [0.5, 0.6) is 0 Å². The topological polar surface area (TPSA) is 27.7 Å². The molecular weight excluding hydrogens is 224 g/mol. The summed E-state index contributed by atoms with van der Waals surface area (Å²) in [5.41, 5.74) is 0. The maximum atomic E-state index is 5.68. The van der Waals surface area contributed by atoms with Gasteiger partial charge >= 0.3 is 8.80 Å². The van der Waals surface area contributed by atoms with Crippen LogP contribution < -0.4 is 0 Å². The van der Waals surface area contributed by atoms with E-state index in [9.17, 15) is 0 Å². The van der Waals surface area contributed by atoms with Crippen molar-refractivity contribution < 1.29 is 13.3 Å². The summed E-state index contributed by atoms with van der Waals surface area (Å²) in [6.07, 6.45) is 3.02. The minimum Gasteiger partial charge on any atom is -0.374 e. The number of hydrogen-bond acceptors (Lipinski definition) is 3. The Morgan fingerprint density at radius 1 is 0.733 bits per heavy atom. The van der Waals surface area contributed by atoms with Gasteiger partial charge in [-0.2, -0.15) is 0 Å². The minimum atomic E-state index is -2.31. The Bertz CT molecular complexity index is 112. The van der Waals surface area contributed by atoms with E-state index in [0.717, 1.165) is 39.1 Å². The Balaban J connectivity index is 0. The SMILES string of the molecule is CCCO[Si](C)(OCCC)OCCC.[SiH4]. The Hall–Kier alpha value is 0.314. The third-order valence-corrected chi connectivity index (χ3v) is 3.89. The average molecular weight is 253 g/mol. The van der Waals surface area contributed by atoms with Crippen molar-refractivity contribution >= 4 is 19.8 Å². The Morgan fingerprint density at radius 2 is 1.00 bits per heavy atom. The molecule has 0 aliphatic carbocycles. The third-order valence-electron chi connectivity index (χ3n) is 1.71. The average Bonchev–Trinajstić information content (AvgIpc) is 2.21. The standard InChI is InChI=1S/C10H24O3Si.H4Si/c1-5-8-11-14(4,12-9-6-2)13-10-7-3;/h5-10H2,1-4H3;1H4. The highest BCUT2D eigenvalue weighted by atomic mass is 28.4. The van der Waals surface area contributed by atoms with Crippen molar-refractivity contribution in [2.24, 2.45) is 0 Å². The summed E-state index contributed by atoms with van der Waals surface area (Å²) in [6.45, 7) is 10.5. The van der Waals surface area contributed by atoms with E-state index in [0.29, 0.717) is 0 Å². The second-order valence-electron chi connectivity index (χ2n) is 3.41. The van der Waals surface area contributed by atoms with Crippen LogP contribution in [0, 0.1) is 0 Å². The monoisotopic (exact) mass is 252 g/mol. The van der Waals surface area contributed by atoms with Crippen molar-refractivity contribution in [1.29, 1.82) is 0 Å². The molecule has 94 valence electrons. The van der Waals surface area contributed by atoms with Crippen LogP contribution in [0.4, 0.5) is 0 Å². The molecule has 0 aromatic heterocycles. The van der Waals surface area contributed by atoms with Crippen molar-refractivity contribution in [3.8, 4) is 0 Å². The Morgan fingerprint density at radius 3 is 1.20 bits per heavy atom. The molecule has 0 aromatic rings. The lowest BCUT2D eigenvalue weighted by molar-refractivity contribution is 0.0658. The van der Waals surface area contributed by atoms with Gasteiger partial charge in [-0.05, 0) is 30.2 Å². The van der Waals surface area contributed by atoms with Crippen LogP contribution in [0.15, 0.2) is 0 Å². The van der Waals surface area contributed by atoms with Gasteiger partial charge in [0.15, 0.2) is 0 Å². The van der Waals surface area contributed by atoms with Gasteiger partial charge in [-0.15, -0.1) is 0 Å². The molecule has 0 atom stereocenters. The molecular formula is C10H28O3Si2. The molecule has 0 N–H and O–H groups in total. The van der Waals surface area contributed by atoms with E-state index in [1.807, 2.05) is 6.55 Å². The maximum absolute atomic E-state index is 5.68. The van der Waals surface area contributed by atoms with Crippen LogP contribution in [0.25, 0.3) is 0 Å². The lowest BCUT2D eigenvalue weighted by Gasteiger charge is -2.25. The summed E-state index contributed by atoms with van der Waals surface area (Å²) in [4.78, 5) is 0. The normalized spacial score (nSPS) is 11.2. The largest absolute Gasteiger partial charge is 0.497 e. The number of rotatable bonds is 9. The van der Waals surface area contributed by atoms with Gasteiger partial charge in [-0.3, -0.25) is 0 Å². The molecule has 0 radical (unpaired) electrons. The lowest BCUT2D eigenvalue weighted by Crippen LogP contribution is -2.43. The van der Waals surface area contributed by atoms with Crippen molar-refractivity contribution in [3.63, 3.8) is 0 Å². The molecule has 5 heteroatoms. The molecule has 0 rings (SSSR count). The van der Waals surface area contributed by atoms with Gasteiger partial charge in [-0.25, -0.2) is 0 Å². The third kappa shape index (κ3) is 9.25. The molecule has 0 fully saturated rings. The van der Waals surface area contributed by atoms with E-state index in [1.165, 1.54) is 0 Å². The van der Waals surface area contributed by atoms with Crippen molar-refractivity contribution in [3.05, 3.63) is 0 Å². The van der Waals surface area contributed by atoms with Gasteiger partial charge < -0.3 is 13.3 Å². The summed E-state index contributed by atoms with van der Waals surface area (Å²) in [5.74, 6) is 0. The van der Waals surface area contributed by atoms with Gasteiger partial charge in [-0.1, -0.05) is 20.8 Å². The van der Waals surface area contributed by atoms with Gasteiger partial charge in [0.1, 0.15) is 0 Å². The van der Waals surface area contributed by atoms with Crippen LogP contribution in [0.3, 0.4) is 0 Å². The predicted octanol–water partition coefficient (Wildman–Crippen LogP) is 1.38. The fourth-order valence-corrected chi connectivity index (χ4v) is 2.96. The molecule has 0 saturated carbocycles. The second kappa shape index (κ2) is 10.8. The Kier molecular flexibility index (Phi) is 12.8. The zero-order chi connectivity index (χ0) is 10.9. The fourth-order valence-electron chi connectivity index (χ4n) is 0.987. The van der Waals surface area contributed by atoms with E-state index in [1.54, 1.807) is 0 Å². The van der Waals surface area contributed by atoms with E-state index >= 15 is 0 Å². The van der Waals surface area contributed by atoms with Crippen LogP contribution in [0.2, 0.25) is 6.55 Å². The first kappa shape index (κ1) is 17.7. The Labute approximate surface area is 99.9 Å². The minimum absolute atomic E-state index is 0. The maximum Gasteiger partial charge on any atom is 0.497 e. The van der Waals surface area contributed by atoms with Crippen LogP contribution in [-0.4, -0.2) is 39.6 Å². The summed E-state index contributed by atoms with van der Waals surface area (Å²) >= 11 is 0. The first-order valence-corrected chi connectivity index (χ1v) is 7.82. The molecule has 0 unspecified atom stereocenters. The van der Waals surface area contributed by atoms with Crippen LogP contribution >= 0.6 is 0 Å². The second-order valence-corrected chi connectivity index (χ2v) is 6.00. The summed E-state index contributed by atoms with van der Waals surface area (Å²) in [6, 6.07) is 0. The molecule has 0 heterocycles. The van der Waals surface area contributed by atoms with Crippen molar-refractivity contribution in [1.82, 2.24) is 0 Å². The molecule has 0 aliphatic heterocycles. The van der Waals surface area contributed by atoms with E-state index in [2.05, 4.69) is 20.8 Å². The fraction of sp³-hybridized carbons (Fsp3) is 1.00. The van der Waals surface area contributed by atoms with Gasteiger partial charge in [0.05, 0.1) is 0 Å². The highest BCUT2D eigenvalue weighted by molar-refractivity contribution is 6.59.